The van der Waals surface area contributed by atoms with Gasteiger partial charge in [0.15, 0.2) is 0 Å². The fourth-order valence-electron chi connectivity index (χ4n) is 3.74. The molecule has 1 saturated carbocycles. The van der Waals surface area contributed by atoms with Gasteiger partial charge in [0.2, 0.25) is 0 Å². The van der Waals surface area contributed by atoms with Crippen LogP contribution in [-0.2, 0) is 0 Å². The molecule has 0 spiro atoms. The Morgan fingerprint density at radius 2 is 1.75 bits per heavy atom. The predicted molar refractivity (Wildman–Crippen MR) is 85.1 cm³/mol. The van der Waals surface area contributed by atoms with E-state index in [0.717, 1.165) is 18.0 Å². The van der Waals surface area contributed by atoms with Crippen LogP contribution in [0.4, 0.5) is 0 Å². The summed E-state index contributed by atoms with van der Waals surface area (Å²) in [6.45, 7) is 6.00. The van der Waals surface area contributed by atoms with Gasteiger partial charge in [-0.05, 0) is 44.2 Å². The van der Waals surface area contributed by atoms with Crippen molar-refractivity contribution in [3.8, 4) is 0 Å². The fraction of sp³-hybridized carbons (Fsp3) is 0.667. The lowest BCUT2D eigenvalue weighted by Crippen LogP contribution is -2.52. The monoisotopic (exact) mass is 272 g/mol. The molecule has 2 heteroatoms. The Morgan fingerprint density at radius 3 is 2.40 bits per heavy atom. The lowest BCUT2D eigenvalue weighted by molar-refractivity contribution is 0.0631. The highest BCUT2D eigenvalue weighted by Crippen LogP contribution is 2.33. The van der Waals surface area contributed by atoms with Gasteiger partial charge in [0, 0.05) is 31.1 Å². The topological polar surface area (TPSA) is 15.3 Å². The van der Waals surface area contributed by atoms with E-state index in [-0.39, 0.29) is 0 Å². The first kappa shape index (κ1) is 14.1. The van der Waals surface area contributed by atoms with E-state index in [4.69, 9.17) is 0 Å². The second kappa shape index (κ2) is 6.73. The van der Waals surface area contributed by atoms with Crippen molar-refractivity contribution in [3.05, 3.63) is 35.9 Å². The standard InChI is InChI=1S/C18H28N2/c1-2-12-19-17-8-10-18(11-9-17)20-13-16(14-20)15-6-4-3-5-7-15/h3-7,16-19H,2,8-14H2,1H3. The number of rotatable bonds is 5. The lowest BCUT2D eigenvalue weighted by Gasteiger charge is -2.47. The third-order valence-corrected chi connectivity index (χ3v) is 5.08. The van der Waals surface area contributed by atoms with Gasteiger partial charge in [0.1, 0.15) is 0 Å². The SMILES string of the molecule is CCCNC1CCC(N2CC(c3ccccc3)C2)CC1. The molecule has 2 aliphatic rings. The Bertz CT molecular complexity index is 389. The molecule has 3 rings (SSSR count). The summed E-state index contributed by atoms with van der Waals surface area (Å²) in [7, 11) is 0. The number of nitrogens with zero attached hydrogens (tertiary/aromatic N) is 1. The summed E-state index contributed by atoms with van der Waals surface area (Å²) in [6.07, 6.45) is 6.78. The second-order valence-corrected chi connectivity index (χ2v) is 6.52. The molecule has 0 amide bonds. The zero-order valence-corrected chi connectivity index (χ0v) is 12.7. The van der Waals surface area contributed by atoms with Crippen molar-refractivity contribution in [1.29, 1.82) is 0 Å². The number of benzene rings is 1. The van der Waals surface area contributed by atoms with Crippen molar-refractivity contribution in [2.75, 3.05) is 19.6 Å². The first-order valence-electron chi connectivity index (χ1n) is 8.39. The molecular weight excluding hydrogens is 244 g/mol. The van der Waals surface area contributed by atoms with Crippen LogP contribution in [0, 0.1) is 0 Å². The van der Waals surface area contributed by atoms with E-state index in [1.165, 1.54) is 57.3 Å². The second-order valence-electron chi connectivity index (χ2n) is 6.52. The highest BCUT2D eigenvalue weighted by atomic mass is 15.2. The Morgan fingerprint density at radius 1 is 1.05 bits per heavy atom. The molecule has 1 saturated heterocycles. The van der Waals surface area contributed by atoms with Crippen LogP contribution in [0.1, 0.15) is 50.5 Å². The van der Waals surface area contributed by atoms with Crippen molar-refractivity contribution in [3.63, 3.8) is 0 Å². The maximum absolute atomic E-state index is 3.68. The minimum absolute atomic E-state index is 0.784. The molecule has 0 atom stereocenters. The van der Waals surface area contributed by atoms with Gasteiger partial charge in [-0.1, -0.05) is 37.3 Å². The maximum Gasteiger partial charge on any atom is 0.00969 e. The van der Waals surface area contributed by atoms with Crippen molar-refractivity contribution in [1.82, 2.24) is 10.2 Å². The van der Waals surface area contributed by atoms with Crippen molar-refractivity contribution in [2.24, 2.45) is 0 Å². The first-order valence-corrected chi connectivity index (χ1v) is 8.39. The molecule has 1 aliphatic heterocycles. The van der Waals surface area contributed by atoms with Crippen LogP contribution in [0.5, 0.6) is 0 Å². The van der Waals surface area contributed by atoms with E-state index < -0.39 is 0 Å². The third kappa shape index (κ3) is 3.24. The average molecular weight is 272 g/mol. The summed E-state index contributed by atoms with van der Waals surface area (Å²) in [5, 5.41) is 3.68. The van der Waals surface area contributed by atoms with E-state index in [1.807, 2.05) is 0 Å². The molecule has 0 radical (unpaired) electrons. The van der Waals surface area contributed by atoms with E-state index >= 15 is 0 Å². The molecule has 2 nitrogen and oxygen atoms in total. The molecule has 1 heterocycles. The molecule has 110 valence electrons. The van der Waals surface area contributed by atoms with Crippen LogP contribution in [0.3, 0.4) is 0 Å². The van der Waals surface area contributed by atoms with Gasteiger partial charge in [-0.25, -0.2) is 0 Å². The molecule has 1 aliphatic carbocycles. The Labute approximate surface area is 123 Å². The summed E-state index contributed by atoms with van der Waals surface area (Å²) < 4.78 is 0. The Kier molecular flexibility index (Phi) is 4.74. The van der Waals surface area contributed by atoms with Crippen molar-refractivity contribution < 1.29 is 0 Å². The van der Waals surface area contributed by atoms with Gasteiger partial charge in [-0.3, -0.25) is 4.90 Å². The predicted octanol–water partition coefficient (Wildman–Crippen LogP) is 3.40. The van der Waals surface area contributed by atoms with Crippen LogP contribution in [0.15, 0.2) is 30.3 Å². The molecule has 1 aromatic carbocycles. The first-order chi connectivity index (χ1) is 9.86. The number of likely N-dealkylation sites (tertiary alicyclic amines) is 1. The number of hydrogen-bond acceptors (Lipinski definition) is 2. The third-order valence-electron chi connectivity index (χ3n) is 5.08. The lowest BCUT2D eigenvalue weighted by atomic mass is 9.84. The summed E-state index contributed by atoms with van der Waals surface area (Å²) in [4.78, 5) is 2.72. The fourth-order valence-corrected chi connectivity index (χ4v) is 3.74. The molecule has 1 aromatic rings. The summed E-state index contributed by atoms with van der Waals surface area (Å²) in [5.41, 5.74) is 1.53. The molecule has 0 bridgehead atoms. The number of nitrogens with one attached hydrogen (secondary N) is 1. The largest absolute Gasteiger partial charge is 0.314 e. The molecule has 20 heavy (non-hydrogen) atoms. The average Bonchev–Trinajstić information content (AvgIpc) is 2.46. The summed E-state index contributed by atoms with van der Waals surface area (Å²) in [5.74, 6) is 0.784. The van der Waals surface area contributed by atoms with Crippen LogP contribution in [0.25, 0.3) is 0 Å². The quantitative estimate of drug-likeness (QED) is 0.884. The van der Waals surface area contributed by atoms with Gasteiger partial charge in [0.25, 0.3) is 0 Å². The maximum atomic E-state index is 3.68. The summed E-state index contributed by atoms with van der Waals surface area (Å²) in [6, 6.07) is 12.7. The normalized spacial score (nSPS) is 28.2. The van der Waals surface area contributed by atoms with Crippen LogP contribution in [-0.4, -0.2) is 36.6 Å². The minimum atomic E-state index is 0.784. The van der Waals surface area contributed by atoms with E-state index in [1.54, 1.807) is 0 Å². The number of hydrogen-bond donors (Lipinski definition) is 1. The highest BCUT2D eigenvalue weighted by molar-refractivity contribution is 5.22. The molecular formula is C18H28N2. The molecule has 1 N–H and O–H groups in total. The van der Waals surface area contributed by atoms with Crippen LogP contribution in [0.2, 0.25) is 0 Å². The zero-order chi connectivity index (χ0) is 13.8. The molecule has 2 fully saturated rings. The van der Waals surface area contributed by atoms with Crippen molar-refractivity contribution in [2.45, 2.75) is 57.0 Å². The minimum Gasteiger partial charge on any atom is -0.314 e. The zero-order valence-electron chi connectivity index (χ0n) is 12.7. The molecule has 0 aromatic heterocycles. The van der Waals surface area contributed by atoms with Gasteiger partial charge < -0.3 is 5.32 Å². The van der Waals surface area contributed by atoms with E-state index in [9.17, 15) is 0 Å². The van der Waals surface area contributed by atoms with Crippen LogP contribution < -0.4 is 5.32 Å². The summed E-state index contributed by atoms with van der Waals surface area (Å²) >= 11 is 0. The van der Waals surface area contributed by atoms with Gasteiger partial charge in [-0.2, -0.15) is 0 Å². The van der Waals surface area contributed by atoms with E-state index in [0.29, 0.717) is 0 Å². The Balaban J connectivity index is 1.41. The highest BCUT2D eigenvalue weighted by Gasteiger charge is 2.34. The smallest absolute Gasteiger partial charge is 0.00969 e. The van der Waals surface area contributed by atoms with E-state index in [2.05, 4.69) is 47.5 Å². The van der Waals surface area contributed by atoms with Gasteiger partial charge >= 0.3 is 0 Å². The van der Waals surface area contributed by atoms with Gasteiger partial charge in [0.05, 0.1) is 0 Å². The van der Waals surface area contributed by atoms with Crippen molar-refractivity contribution >= 4 is 0 Å². The van der Waals surface area contributed by atoms with Crippen LogP contribution >= 0.6 is 0 Å². The van der Waals surface area contributed by atoms with Gasteiger partial charge in [-0.15, -0.1) is 0 Å². The Hall–Kier alpha value is -0.860. The molecule has 0 unspecified atom stereocenters.